The van der Waals surface area contributed by atoms with Gasteiger partial charge >= 0.3 is 0 Å². The van der Waals surface area contributed by atoms with Gasteiger partial charge in [0.05, 0.1) is 0 Å². The first-order chi connectivity index (χ1) is 8.19. The second-order valence-corrected chi connectivity index (χ2v) is 4.37. The molecule has 1 unspecified atom stereocenters. The summed E-state index contributed by atoms with van der Waals surface area (Å²) >= 11 is 0. The van der Waals surface area contributed by atoms with Gasteiger partial charge in [-0.2, -0.15) is 0 Å². The van der Waals surface area contributed by atoms with Crippen molar-refractivity contribution < 1.29 is 4.39 Å². The van der Waals surface area contributed by atoms with Gasteiger partial charge in [-0.15, -0.1) is 0 Å². The van der Waals surface area contributed by atoms with Crippen LogP contribution in [0.3, 0.4) is 0 Å². The highest BCUT2D eigenvalue weighted by Gasteiger charge is 2.13. The van der Waals surface area contributed by atoms with Crippen LogP contribution in [0, 0.1) is 5.82 Å². The molecule has 17 heavy (non-hydrogen) atoms. The first-order valence-corrected chi connectivity index (χ1v) is 6.41. The van der Waals surface area contributed by atoms with Crippen LogP contribution >= 0.6 is 0 Å². The van der Waals surface area contributed by atoms with E-state index >= 15 is 0 Å². The number of nitrogens with two attached hydrogens (primary N) is 1. The predicted octanol–water partition coefficient (Wildman–Crippen LogP) is 2.95. The minimum Gasteiger partial charge on any atom is -0.323 e. The SMILES string of the molecule is CCCCN(CC)CC(N)c1ccccc1F. The van der Waals surface area contributed by atoms with E-state index in [0.29, 0.717) is 5.56 Å². The molecule has 0 radical (unpaired) electrons. The Morgan fingerprint density at radius 3 is 2.59 bits per heavy atom. The molecule has 3 heteroatoms. The molecule has 0 saturated heterocycles. The predicted molar refractivity (Wildman–Crippen MR) is 70.4 cm³/mol. The zero-order valence-electron chi connectivity index (χ0n) is 10.8. The van der Waals surface area contributed by atoms with E-state index < -0.39 is 0 Å². The number of benzene rings is 1. The molecular weight excluding hydrogens is 215 g/mol. The maximum absolute atomic E-state index is 13.5. The molecule has 1 aromatic rings. The van der Waals surface area contributed by atoms with Gasteiger partial charge in [0.1, 0.15) is 5.82 Å². The van der Waals surface area contributed by atoms with Gasteiger partial charge < -0.3 is 10.6 Å². The summed E-state index contributed by atoms with van der Waals surface area (Å²) < 4.78 is 13.5. The number of nitrogens with zero attached hydrogens (tertiary/aromatic N) is 1. The Kier molecular flexibility index (Phi) is 6.16. The van der Waals surface area contributed by atoms with Gasteiger partial charge in [0.25, 0.3) is 0 Å². The molecule has 0 bridgehead atoms. The molecule has 0 aliphatic rings. The lowest BCUT2D eigenvalue weighted by Crippen LogP contribution is -2.33. The standard InChI is InChI=1S/C14H23FN2/c1-3-5-10-17(4-2)11-14(16)12-8-6-7-9-13(12)15/h6-9,14H,3-5,10-11,16H2,1-2H3. The maximum atomic E-state index is 13.5. The van der Waals surface area contributed by atoms with Crippen LogP contribution in [-0.2, 0) is 0 Å². The summed E-state index contributed by atoms with van der Waals surface area (Å²) in [6, 6.07) is 6.53. The molecule has 0 aliphatic heterocycles. The van der Waals surface area contributed by atoms with Crippen molar-refractivity contribution in [2.24, 2.45) is 5.73 Å². The third kappa shape index (κ3) is 4.44. The second-order valence-electron chi connectivity index (χ2n) is 4.37. The number of hydrogen-bond acceptors (Lipinski definition) is 2. The van der Waals surface area contributed by atoms with Gasteiger partial charge in [0, 0.05) is 18.2 Å². The quantitative estimate of drug-likeness (QED) is 0.791. The van der Waals surface area contributed by atoms with Crippen molar-refractivity contribution >= 4 is 0 Å². The molecule has 2 N–H and O–H groups in total. The maximum Gasteiger partial charge on any atom is 0.128 e. The van der Waals surface area contributed by atoms with E-state index in [2.05, 4.69) is 18.7 Å². The Morgan fingerprint density at radius 1 is 1.29 bits per heavy atom. The molecule has 2 nitrogen and oxygen atoms in total. The third-order valence-corrected chi connectivity index (χ3v) is 3.03. The summed E-state index contributed by atoms with van der Waals surface area (Å²) in [5.41, 5.74) is 6.68. The van der Waals surface area contributed by atoms with Gasteiger partial charge in [-0.1, -0.05) is 38.5 Å². The molecule has 0 spiro atoms. The fraction of sp³-hybridized carbons (Fsp3) is 0.571. The van der Waals surface area contributed by atoms with Crippen LogP contribution in [0.5, 0.6) is 0 Å². The lowest BCUT2D eigenvalue weighted by atomic mass is 10.1. The highest BCUT2D eigenvalue weighted by Crippen LogP contribution is 2.15. The van der Waals surface area contributed by atoms with Gasteiger partial charge in [0.15, 0.2) is 0 Å². The van der Waals surface area contributed by atoms with Crippen molar-refractivity contribution in [3.8, 4) is 0 Å². The van der Waals surface area contributed by atoms with E-state index in [-0.39, 0.29) is 11.9 Å². The molecule has 0 heterocycles. The van der Waals surface area contributed by atoms with Crippen LogP contribution in [0.15, 0.2) is 24.3 Å². The number of hydrogen-bond donors (Lipinski definition) is 1. The average Bonchev–Trinajstić information content (AvgIpc) is 2.34. The van der Waals surface area contributed by atoms with E-state index in [1.54, 1.807) is 12.1 Å². The number of likely N-dealkylation sites (N-methyl/N-ethyl adjacent to an activating group) is 1. The van der Waals surface area contributed by atoms with Crippen LogP contribution in [0.2, 0.25) is 0 Å². The van der Waals surface area contributed by atoms with Crippen molar-refractivity contribution in [3.05, 3.63) is 35.6 Å². The van der Waals surface area contributed by atoms with E-state index in [9.17, 15) is 4.39 Å². The van der Waals surface area contributed by atoms with E-state index in [1.165, 1.54) is 12.5 Å². The lowest BCUT2D eigenvalue weighted by Gasteiger charge is -2.24. The fourth-order valence-corrected chi connectivity index (χ4v) is 1.91. The van der Waals surface area contributed by atoms with Crippen LogP contribution < -0.4 is 5.73 Å². The molecule has 0 fully saturated rings. The highest BCUT2D eigenvalue weighted by molar-refractivity contribution is 5.21. The van der Waals surface area contributed by atoms with Crippen LogP contribution in [-0.4, -0.2) is 24.5 Å². The number of unbranched alkanes of at least 4 members (excludes halogenated alkanes) is 1. The molecule has 96 valence electrons. The minimum absolute atomic E-state index is 0.202. The monoisotopic (exact) mass is 238 g/mol. The van der Waals surface area contributed by atoms with Crippen molar-refractivity contribution in [2.45, 2.75) is 32.7 Å². The van der Waals surface area contributed by atoms with Crippen molar-refractivity contribution in [2.75, 3.05) is 19.6 Å². The highest BCUT2D eigenvalue weighted by atomic mass is 19.1. The summed E-state index contributed by atoms with van der Waals surface area (Å²) in [5, 5.41) is 0. The molecule has 0 amide bonds. The minimum atomic E-state index is -0.243. The molecule has 0 aliphatic carbocycles. The summed E-state index contributed by atoms with van der Waals surface area (Å²) in [4.78, 5) is 2.28. The van der Waals surface area contributed by atoms with Crippen LogP contribution in [0.25, 0.3) is 0 Å². The van der Waals surface area contributed by atoms with Gasteiger partial charge in [-0.25, -0.2) is 4.39 Å². The molecule has 1 aromatic carbocycles. The topological polar surface area (TPSA) is 29.3 Å². The van der Waals surface area contributed by atoms with E-state index in [0.717, 1.165) is 26.1 Å². The molecule has 0 aromatic heterocycles. The summed E-state index contributed by atoms with van der Waals surface area (Å²) in [7, 11) is 0. The first-order valence-electron chi connectivity index (χ1n) is 6.41. The summed E-state index contributed by atoms with van der Waals surface area (Å²) in [6.45, 7) is 7.00. The molecule has 1 rings (SSSR count). The molecule has 0 saturated carbocycles. The van der Waals surface area contributed by atoms with Gasteiger partial charge in [-0.3, -0.25) is 0 Å². The number of rotatable bonds is 7. The molecule has 1 atom stereocenters. The Balaban J connectivity index is 2.58. The van der Waals surface area contributed by atoms with Crippen molar-refractivity contribution in [1.82, 2.24) is 4.90 Å². The first kappa shape index (κ1) is 14.1. The Morgan fingerprint density at radius 2 is 2.00 bits per heavy atom. The summed E-state index contributed by atoms with van der Waals surface area (Å²) in [5.74, 6) is -0.202. The van der Waals surface area contributed by atoms with Crippen molar-refractivity contribution in [1.29, 1.82) is 0 Å². The molecular formula is C14H23FN2. The Hall–Kier alpha value is -0.930. The largest absolute Gasteiger partial charge is 0.323 e. The fourth-order valence-electron chi connectivity index (χ4n) is 1.91. The second kappa shape index (κ2) is 7.41. The third-order valence-electron chi connectivity index (χ3n) is 3.03. The van der Waals surface area contributed by atoms with E-state index in [4.69, 9.17) is 5.73 Å². The average molecular weight is 238 g/mol. The van der Waals surface area contributed by atoms with Crippen molar-refractivity contribution in [3.63, 3.8) is 0 Å². The lowest BCUT2D eigenvalue weighted by molar-refractivity contribution is 0.264. The van der Waals surface area contributed by atoms with Crippen LogP contribution in [0.4, 0.5) is 4.39 Å². The smallest absolute Gasteiger partial charge is 0.128 e. The van der Waals surface area contributed by atoms with Gasteiger partial charge in [0.2, 0.25) is 0 Å². The van der Waals surface area contributed by atoms with Crippen LogP contribution in [0.1, 0.15) is 38.3 Å². The zero-order chi connectivity index (χ0) is 12.7. The number of halogens is 1. The zero-order valence-corrected chi connectivity index (χ0v) is 10.8. The Labute approximate surface area is 104 Å². The van der Waals surface area contributed by atoms with Gasteiger partial charge in [-0.05, 0) is 25.6 Å². The van der Waals surface area contributed by atoms with E-state index in [1.807, 2.05) is 6.07 Å². The Bertz CT molecular complexity index is 328. The normalized spacial score (nSPS) is 13.0. The summed E-state index contributed by atoms with van der Waals surface area (Å²) in [6.07, 6.45) is 2.34.